The molecule has 1 fully saturated rings. The summed E-state index contributed by atoms with van der Waals surface area (Å²) in [4.78, 5) is 31.7. The highest BCUT2D eigenvalue weighted by Crippen LogP contribution is 2.27. The molecule has 3 rings (SSSR count). The first kappa shape index (κ1) is 19.5. The summed E-state index contributed by atoms with van der Waals surface area (Å²) < 4.78 is 0. The van der Waals surface area contributed by atoms with Crippen molar-refractivity contribution in [3.05, 3.63) is 52.8 Å². The lowest BCUT2D eigenvalue weighted by Gasteiger charge is -2.30. The number of anilines is 2. The van der Waals surface area contributed by atoms with Gasteiger partial charge < -0.3 is 10.6 Å². The number of nitrogens with two attached hydrogens (primary N) is 1. The van der Waals surface area contributed by atoms with Crippen LogP contribution >= 0.6 is 12.2 Å². The lowest BCUT2D eigenvalue weighted by Crippen LogP contribution is -2.44. The van der Waals surface area contributed by atoms with Gasteiger partial charge in [0.05, 0.1) is 11.9 Å². The largest absolute Gasteiger partial charge is 0.366 e. The Kier molecular flexibility index (Phi) is 5.38. The molecule has 0 bridgehead atoms. The lowest BCUT2D eigenvalue weighted by atomic mass is 10.1. The molecule has 2 aromatic rings. The maximum Gasteiger partial charge on any atom is 0.248 e. The molecule has 0 atom stereocenters. The number of pyridine rings is 1. The molecule has 28 heavy (non-hydrogen) atoms. The topological polar surface area (TPSA) is 103 Å². The van der Waals surface area contributed by atoms with E-state index in [4.69, 9.17) is 23.2 Å². The Morgan fingerprint density at radius 1 is 1.25 bits per heavy atom. The Balaban J connectivity index is 2.01. The number of carbonyl (C=O) groups is 2. The third-order valence-corrected chi connectivity index (χ3v) is 5.06. The Hall–Kier alpha value is -3.31. The van der Waals surface area contributed by atoms with Crippen molar-refractivity contribution in [1.29, 1.82) is 5.26 Å². The highest BCUT2D eigenvalue weighted by Gasteiger charge is 2.29. The van der Waals surface area contributed by atoms with Crippen LogP contribution in [0.4, 0.5) is 11.4 Å². The molecule has 142 valence electrons. The normalized spacial score (nSPS) is 14.6. The molecule has 0 aliphatic carbocycles. The van der Waals surface area contributed by atoms with Gasteiger partial charge in [-0.05, 0) is 67.9 Å². The summed E-state index contributed by atoms with van der Waals surface area (Å²) in [6.07, 6.45) is 2.46. The predicted octanol–water partition coefficient (Wildman–Crippen LogP) is 2.59. The van der Waals surface area contributed by atoms with Crippen LogP contribution in [0.5, 0.6) is 0 Å². The van der Waals surface area contributed by atoms with Gasteiger partial charge in [-0.2, -0.15) is 5.26 Å². The van der Waals surface area contributed by atoms with E-state index in [9.17, 15) is 9.59 Å². The molecule has 1 saturated heterocycles. The summed E-state index contributed by atoms with van der Waals surface area (Å²) >= 11 is 5.66. The van der Waals surface area contributed by atoms with Gasteiger partial charge in [-0.15, -0.1) is 0 Å². The van der Waals surface area contributed by atoms with E-state index in [1.54, 1.807) is 32.0 Å². The molecule has 2 amide bonds. The van der Waals surface area contributed by atoms with E-state index in [0.29, 0.717) is 47.0 Å². The Morgan fingerprint density at radius 3 is 2.57 bits per heavy atom. The quantitative estimate of drug-likeness (QED) is 0.804. The van der Waals surface area contributed by atoms with E-state index < -0.39 is 5.91 Å². The minimum atomic E-state index is -0.488. The number of hydrogen-bond acceptors (Lipinski definition) is 5. The third kappa shape index (κ3) is 3.57. The average molecular weight is 393 g/mol. The van der Waals surface area contributed by atoms with E-state index in [1.807, 2.05) is 17.0 Å². The number of rotatable bonds is 3. The number of primary amides is 1. The van der Waals surface area contributed by atoms with Crippen LogP contribution in [-0.4, -0.2) is 28.5 Å². The zero-order chi connectivity index (χ0) is 20.4. The molecule has 0 saturated carbocycles. The van der Waals surface area contributed by atoms with Crippen LogP contribution in [0.3, 0.4) is 0 Å². The van der Waals surface area contributed by atoms with Gasteiger partial charge in [-0.3, -0.25) is 14.5 Å². The standard InChI is InChI=1S/C20H19N5O2S/c1-12-8-14(5-6-16(12)19(22)27)24-7-3-4-18(26)25(20(24)28)15-9-13(2)17(10-21)23-11-15/h5-6,8-9,11H,3-4,7H2,1-2H3,(H2,22,27). The molecule has 1 aromatic carbocycles. The maximum atomic E-state index is 12.7. The van der Waals surface area contributed by atoms with E-state index in [0.717, 1.165) is 11.3 Å². The number of benzene rings is 1. The number of aromatic nitrogens is 1. The third-order valence-electron chi connectivity index (χ3n) is 4.66. The number of nitrogens with zero attached hydrogens (tertiary/aromatic N) is 4. The molecule has 2 heterocycles. The van der Waals surface area contributed by atoms with Gasteiger partial charge >= 0.3 is 0 Å². The van der Waals surface area contributed by atoms with Crippen LogP contribution in [0.2, 0.25) is 0 Å². The summed E-state index contributed by atoms with van der Waals surface area (Å²) in [6, 6.07) is 9.03. The summed E-state index contributed by atoms with van der Waals surface area (Å²) in [5, 5.41) is 9.42. The predicted molar refractivity (Wildman–Crippen MR) is 110 cm³/mol. The molecule has 1 aliphatic heterocycles. The molecule has 1 aromatic heterocycles. The van der Waals surface area contributed by atoms with Crippen LogP contribution in [-0.2, 0) is 4.79 Å². The van der Waals surface area contributed by atoms with E-state index in [1.165, 1.54) is 11.1 Å². The molecular formula is C20H19N5O2S. The minimum absolute atomic E-state index is 0.121. The first-order valence-corrected chi connectivity index (χ1v) is 9.16. The van der Waals surface area contributed by atoms with Gasteiger partial charge in [-0.25, -0.2) is 4.98 Å². The zero-order valence-electron chi connectivity index (χ0n) is 15.6. The zero-order valence-corrected chi connectivity index (χ0v) is 16.4. The van der Waals surface area contributed by atoms with Crippen LogP contribution in [0.15, 0.2) is 30.5 Å². The number of amides is 2. The molecule has 0 spiro atoms. The Bertz CT molecular complexity index is 1030. The number of carbonyl (C=O) groups excluding carboxylic acids is 2. The van der Waals surface area contributed by atoms with Crippen molar-refractivity contribution >= 4 is 40.5 Å². The Morgan fingerprint density at radius 2 is 1.96 bits per heavy atom. The summed E-state index contributed by atoms with van der Waals surface area (Å²) in [5.74, 6) is -0.609. The van der Waals surface area contributed by atoms with E-state index in [-0.39, 0.29) is 5.91 Å². The fourth-order valence-corrected chi connectivity index (χ4v) is 3.61. The molecule has 8 heteroatoms. The van der Waals surface area contributed by atoms with E-state index in [2.05, 4.69) is 4.98 Å². The molecular weight excluding hydrogens is 374 g/mol. The van der Waals surface area contributed by atoms with Gasteiger partial charge in [-0.1, -0.05) is 0 Å². The molecule has 0 radical (unpaired) electrons. The van der Waals surface area contributed by atoms with Crippen LogP contribution in [0.25, 0.3) is 0 Å². The van der Waals surface area contributed by atoms with Crippen LogP contribution < -0.4 is 15.5 Å². The van der Waals surface area contributed by atoms with Crippen molar-refractivity contribution in [2.75, 3.05) is 16.3 Å². The minimum Gasteiger partial charge on any atom is -0.366 e. The second kappa shape index (κ2) is 7.74. The molecule has 7 nitrogen and oxygen atoms in total. The number of aryl methyl sites for hydroxylation is 2. The highest BCUT2D eigenvalue weighted by molar-refractivity contribution is 7.81. The van der Waals surface area contributed by atoms with Crippen molar-refractivity contribution < 1.29 is 9.59 Å². The summed E-state index contributed by atoms with van der Waals surface area (Å²) in [7, 11) is 0. The lowest BCUT2D eigenvalue weighted by molar-refractivity contribution is -0.117. The average Bonchev–Trinajstić information content (AvgIpc) is 2.79. The smallest absolute Gasteiger partial charge is 0.248 e. The van der Waals surface area contributed by atoms with Gasteiger partial charge in [0.25, 0.3) is 0 Å². The number of hydrogen-bond donors (Lipinski definition) is 1. The monoisotopic (exact) mass is 393 g/mol. The summed E-state index contributed by atoms with van der Waals surface area (Å²) in [6.45, 7) is 4.14. The highest BCUT2D eigenvalue weighted by atomic mass is 32.1. The maximum absolute atomic E-state index is 12.7. The number of thiocarbonyl (C=S) groups is 1. The van der Waals surface area contributed by atoms with Gasteiger partial charge in [0, 0.05) is 24.2 Å². The fraction of sp³-hybridized carbons (Fsp3) is 0.250. The van der Waals surface area contributed by atoms with Crippen molar-refractivity contribution in [2.24, 2.45) is 5.73 Å². The molecule has 0 unspecified atom stereocenters. The van der Waals surface area contributed by atoms with Crippen molar-refractivity contribution in [3.63, 3.8) is 0 Å². The van der Waals surface area contributed by atoms with E-state index >= 15 is 0 Å². The van der Waals surface area contributed by atoms with Gasteiger partial charge in [0.15, 0.2) is 5.11 Å². The fourth-order valence-electron chi connectivity index (χ4n) is 3.21. The second-order valence-electron chi connectivity index (χ2n) is 6.60. The molecule has 1 aliphatic rings. The first-order chi connectivity index (χ1) is 13.3. The van der Waals surface area contributed by atoms with Crippen molar-refractivity contribution in [2.45, 2.75) is 26.7 Å². The summed E-state index contributed by atoms with van der Waals surface area (Å²) in [5.41, 5.74) is 8.88. The second-order valence-corrected chi connectivity index (χ2v) is 6.97. The van der Waals surface area contributed by atoms with Gasteiger partial charge in [0.2, 0.25) is 11.8 Å². The molecule has 2 N–H and O–H groups in total. The van der Waals surface area contributed by atoms with Crippen molar-refractivity contribution in [3.8, 4) is 6.07 Å². The number of nitriles is 1. The van der Waals surface area contributed by atoms with Gasteiger partial charge in [0.1, 0.15) is 11.8 Å². The SMILES string of the molecule is Cc1cc(N2CCCC(=O)N(c3cnc(C#N)c(C)c3)C2=S)ccc1C(N)=O. The van der Waals surface area contributed by atoms with Crippen LogP contribution in [0, 0.1) is 25.2 Å². The van der Waals surface area contributed by atoms with Crippen molar-refractivity contribution in [1.82, 2.24) is 4.98 Å². The Labute approximate surface area is 168 Å². The van der Waals surface area contributed by atoms with Crippen LogP contribution in [0.1, 0.15) is 40.0 Å². The first-order valence-electron chi connectivity index (χ1n) is 8.75.